The van der Waals surface area contributed by atoms with E-state index in [2.05, 4.69) is 4.74 Å². The van der Waals surface area contributed by atoms with Gasteiger partial charge in [0.2, 0.25) is 5.83 Å². The molecule has 0 fully saturated rings. The smallest absolute Gasteiger partial charge is 0.428 e. The summed E-state index contributed by atoms with van der Waals surface area (Å²) in [6, 6.07) is -4.26. The molecule has 0 aromatic rings. The van der Waals surface area contributed by atoms with Crippen LogP contribution in [0.4, 0.5) is 87.8 Å². The third-order valence-corrected chi connectivity index (χ3v) is 3.19. The van der Waals surface area contributed by atoms with E-state index in [0.29, 0.717) is 0 Å². The molecule has 0 aliphatic heterocycles. The zero-order valence-electron chi connectivity index (χ0n) is 13.6. The molecule has 0 aliphatic carbocycles. The van der Waals surface area contributed by atoms with Crippen molar-refractivity contribution in [1.29, 1.82) is 0 Å². The van der Waals surface area contributed by atoms with Crippen LogP contribution in [0, 0.1) is 0 Å². The van der Waals surface area contributed by atoms with Gasteiger partial charge < -0.3 is 4.74 Å². The molecule has 21 heteroatoms. The SMILES string of the molecule is FC(OC(F)C(F)F)=C(F)C(F)(F)C(F)(F)C(F)(F)C(F)(F)C(F)(F)C(F)(F)C(F)(F)F. The molecule has 1 nitrogen and oxygen atoms in total. The van der Waals surface area contributed by atoms with Crippen molar-refractivity contribution in [1.82, 2.24) is 0 Å². The molecule has 0 aromatic carbocycles. The van der Waals surface area contributed by atoms with Crippen LogP contribution in [0.1, 0.15) is 0 Å². The first-order chi connectivity index (χ1) is 13.7. The largest absolute Gasteiger partial charge is 0.460 e. The van der Waals surface area contributed by atoms with Crippen molar-refractivity contribution in [2.45, 2.75) is 54.5 Å². The molecule has 32 heavy (non-hydrogen) atoms. The minimum absolute atomic E-state index is 2.28. The van der Waals surface area contributed by atoms with Gasteiger partial charge in [-0.2, -0.15) is 79.0 Å². The quantitative estimate of drug-likeness (QED) is 0.230. The van der Waals surface area contributed by atoms with E-state index >= 15 is 0 Å². The Hall–Kier alpha value is -1.86. The Balaban J connectivity index is 6.66. The highest BCUT2D eigenvalue weighted by Crippen LogP contribution is 2.63. The fourth-order valence-corrected chi connectivity index (χ4v) is 1.43. The summed E-state index contributed by atoms with van der Waals surface area (Å²) in [4.78, 5) is 0. The molecule has 0 rings (SSSR count). The number of allylic oxidation sites excluding steroid dienone is 1. The predicted octanol–water partition coefficient (Wildman–Crippen LogP) is 7.05. The van der Waals surface area contributed by atoms with Gasteiger partial charge in [-0.05, 0) is 0 Å². The number of halogens is 20. The zero-order valence-corrected chi connectivity index (χ0v) is 13.6. The van der Waals surface area contributed by atoms with Crippen LogP contribution in [0.2, 0.25) is 0 Å². The second-order valence-electron chi connectivity index (χ2n) is 5.34. The highest BCUT2D eigenvalue weighted by Gasteiger charge is 2.93. The Morgan fingerprint density at radius 1 is 0.500 bits per heavy atom. The number of rotatable bonds is 9. The fourth-order valence-electron chi connectivity index (χ4n) is 1.43. The summed E-state index contributed by atoms with van der Waals surface area (Å²) in [5.41, 5.74) is 0. The lowest BCUT2D eigenvalue weighted by Crippen LogP contribution is -2.72. The lowest BCUT2D eigenvalue weighted by molar-refractivity contribution is -0.451. The van der Waals surface area contributed by atoms with Crippen molar-refractivity contribution >= 4 is 0 Å². The van der Waals surface area contributed by atoms with Crippen molar-refractivity contribution in [2.24, 2.45) is 0 Å². The fraction of sp³-hybridized carbons (Fsp3) is 0.818. The summed E-state index contributed by atoms with van der Waals surface area (Å²) in [7, 11) is 0. The van der Waals surface area contributed by atoms with Gasteiger partial charge in [0.05, 0.1) is 0 Å². The molecule has 0 radical (unpaired) electrons. The van der Waals surface area contributed by atoms with Crippen molar-refractivity contribution in [3.8, 4) is 0 Å². The van der Waals surface area contributed by atoms with E-state index < -0.39 is 66.3 Å². The average Bonchev–Trinajstić information content (AvgIpc) is 2.58. The van der Waals surface area contributed by atoms with Crippen LogP contribution in [0.5, 0.6) is 0 Å². The molecule has 0 saturated heterocycles. The Morgan fingerprint density at radius 3 is 1.12 bits per heavy atom. The number of hydrogen-bond donors (Lipinski definition) is 0. The molecule has 0 N–H and O–H groups in total. The number of alkyl halides is 18. The molecule has 0 amide bonds. The van der Waals surface area contributed by atoms with Crippen LogP contribution < -0.4 is 0 Å². The first-order valence-electron chi connectivity index (χ1n) is 6.64. The molecular weight excluding hydrogens is 528 g/mol. The lowest BCUT2D eigenvalue weighted by Gasteiger charge is -2.41. The van der Waals surface area contributed by atoms with Crippen LogP contribution in [0.25, 0.3) is 0 Å². The zero-order chi connectivity index (χ0) is 26.5. The Labute approximate surface area is 160 Å². The van der Waals surface area contributed by atoms with E-state index in [1.807, 2.05) is 0 Å². The minimum atomic E-state index is -8.78. The van der Waals surface area contributed by atoms with Gasteiger partial charge in [0, 0.05) is 0 Å². The molecule has 1 atom stereocenters. The Morgan fingerprint density at radius 2 is 0.812 bits per heavy atom. The van der Waals surface area contributed by atoms with Crippen LogP contribution in [0.15, 0.2) is 11.8 Å². The minimum Gasteiger partial charge on any atom is -0.428 e. The summed E-state index contributed by atoms with van der Waals surface area (Å²) in [5.74, 6) is -55.8. The predicted molar refractivity (Wildman–Crippen MR) is 57.0 cm³/mol. The summed E-state index contributed by atoms with van der Waals surface area (Å²) in [6.45, 7) is 0. The van der Waals surface area contributed by atoms with Gasteiger partial charge in [0.1, 0.15) is 0 Å². The van der Waals surface area contributed by atoms with Gasteiger partial charge in [-0.3, -0.25) is 0 Å². The van der Waals surface area contributed by atoms with E-state index in [4.69, 9.17) is 0 Å². The highest BCUT2D eigenvalue weighted by atomic mass is 19.4. The maximum atomic E-state index is 13.2. The summed E-state index contributed by atoms with van der Waals surface area (Å²) >= 11 is 0. The van der Waals surface area contributed by atoms with Gasteiger partial charge in [-0.25, -0.2) is 8.78 Å². The Kier molecular flexibility index (Phi) is 7.70. The van der Waals surface area contributed by atoms with Crippen LogP contribution in [-0.4, -0.2) is 54.5 Å². The maximum absolute atomic E-state index is 13.2. The first-order valence-corrected chi connectivity index (χ1v) is 6.64. The molecule has 0 saturated carbocycles. The van der Waals surface area contributed by atoms with Crippen LogP contribution in [0.3, 0.4) is 0 Å². The van der Waals surface area contributed by atoms with E-state index in [1.165, 1.54) is 0 Å². The monoisotopic (exact) mass is 530 g/mol. The summed E-state index contributed by atoms with van der Waals surface area (Å²) in [5, 5.41) is 0. The van der Waals surface area contributed by atoms with Crippen molar-refractivity contribution < 1.29 is 92.5 Å². The van der Waals surface area contributed by atoms with Gasteiger partial charge in [-0.1, -0.05) is 0 Å². The highest BCUT2D eigenvalue weighted by molar-refractivity contribution is 5.20. The topological polar surface area (TPSA) is 9.23 Å². The van der Waals surface area contributed by atoms with E-state index in [9.17, 15) is 87.8 Å². The molecule has 192 valence electrons. The van der Waals surface area contributed by atoms with Gasteiger partial charge >= 0.3 is 60.5 Å². The second-order valence-corrected chi connectivity index (χ2v) is 5.34. The van der Waals surface area contributed by atoms with E-state index in [-0.39, 0.29) is 0 Å². The van der Waals surface area contributed by atoms with Gasteiger partial charge in [-0.15, -0.1) is 0 Å². The van der Waals surface area contributed by atoms with Crippen molar-refractivity contribution in [3.05, 3.63) is 11.8 Å². The molecule has 0 aliphatic rings. The number of hydrogen-bond acceptors (Lipinski definition) is 1. The Bertz CT molecular complexity index is 701. The molecule has 0 spiro atoms. The van der Waals surface area contributed by atoms with Crippen LogP contribution in [-0.2, 0) is 4.74 Å². The normalized spacial score (nSPS) is 17.4. The molecular formula is C11H2F20O. The molecule has 0 heterocycles. The van der Waals surface area contributed by atoms with Crippen LogP contribution >= 0.6 is 0 Å². The molecule has 1 unspecified atom stereocenters. The third kappa shape index (κ3) is 4.21. The number of ether oxygens (including phenoxy) is 1. The third-order valence-electron chi connectivity index (χ3n) is 3.19. The van der Waals surface area contributed by atoms with Crippen molar-refractivity contribution in [2.75, 3.05) is 0 Å². The molecule has 0 bridgehead atoms. The summed E-state index contributed by atoms with van der Waals surface area (Å²) < 4.78 is 255. The van der Waals surface area contributed by atoms with Gasteiger partial charge in [0.25, 0.3) is 0 Å². The molecule has 0 aromatic heterocycles. The first kappa shape index (κ1) is 30.1. The second kappa shape index (κ2) is 8.17. The van der Waals surface area contributed by atoms with E-state index in [0.717, 1.165) is 0 Å². The lowest BCUT2D eigenvalue weighted by atomic mass is 9.91. The van der Waals surface area contributed by atoms with Crippen molar-refractivity contribution in [3.63, 3.8) is 0 Å². The maximum Gasteiger partial charge on any atom is 0.460 e. The van der Waals surface area contributed by atoms with Gasteiger partial charge in [0.15, 0.2) is 0 Å². The average molecular weight is 530 g/mol. The van der Waals surface area contributed by atoms with E-state index in [1.54, 1.807) is 0 Å². The standard InChI is InChI=1S/C11H2F20O/c12-1(3(15)32-4(16)2(13)14)5(17,18)6(19,20)7(21,22)8(23,24)9(25,26)10(27,28)11(29,30)31/h2,4H. The summed E-state index contributed by atoms with van der Waals surface area (Å²) in [6.07, 6.45) is -16.9.